The highest BCUT2D eigenvalue weighted by atomic mass is 16.2. The van der Waals surface area contributed by atoms with Crippen LogP contribution in [0.5, 0.6) is 0 Å². The number of rotatable bonds is 4. The average molecular weight is 319 g/mol. The largest absolute Gasteiger partial charge is 0.378 e. The second kappa shape index (κ2) is 5.93. The van der Waals surface area contributed by atoms with Crippen molar-refractivity contribution in [2.75, 3.05) is 5.32 Å². The maximum Gasteiger partial charge on any atom is 0.225 e. The highest BCUT2D eigenvalue weighted by Gasteiger charge is 2.47. The van der Waals surface area contributed by atoms with Crippen molar-refractivity contribution in [2.45, 2.75) is 37.4 Å². The first-order valence-electron chi connectivity index (χ1n) is 8.10. The molecule has 1 amide bonds. The number of amides is 1. The summed E-state index contributed by atoms with van der Waals surface area (Å²) in [6.45, 7) is 0. The van der Waals surface area contributed by atoms with Crippen molar-refractivity contribution < 1.29 is 4.79 Å². The van der Waals surface area contributed by atoms with E-state index in [0.29, 0.717) is 18.2 Å². The highest BCUT2D eigenvalue weighted by Crippen LogP contribution is 2.42. The number of hydrogen-bond acceptors (Lipinski definition) is 5. The number of likely N-dealkylation sites (tertiary alicyclic amines) is 1. The molecule has 120 valence electrons. The van der Waals surface area contributed by atoms with Crippen molar-refractivity contribution in [3.05, 3.63) is 54.1 Å². The first-order valence-corrected chi connectivity index (χ1v) is 8.10. The summed E-state index contributed by atoms with van der Waals surface area (Å²) < 4.78 is 0. The molecule has 0 unspecified atom stereocenters. The average Bonchev–Trinajstić information content (AvgIpc) is 3.40. The molecule has 6 nitrogen and oxygen atoms in total. The first-order chi connectivity index (χ1) is 11.8. The third-order valence-corrected chi connectivity index (χ3v) is 4.56. The van der Waals surface area contributed by atoms with E-state index >= 15 is 0 Å². The van der Waals surface area contributed by atoms with Gasteiger partial charge in [0.1, 0.15) is 11.8 Å². The number of aromatic nitrogens is 2. The van der Waals surface area contributed by atoms with Crippen molar-refractivity contribution in [3.8, 4) is 6.07 Å². The Labute approximate surface area is 140 Å². The lowest BCUT2D eigenvalue weighted by molar-refractivity contribution is -0.129. The van der Waals surface area contributed by atoms with E-state index in [1.54, 1.807) is 18.5 Å². The Morgan fingerprint density at radius 2 is 2.12 bits per heavy atom. The van der Waals surface area contributed by atoms with Crippen molar-refractivity contribution in [3.63, 3.8) is 0 Å². The molecule has 0 aromatic carbocycles. The Morgan fingerprint density at radius 1 is 1.25 bits per heavy atom. The van der Waals surface area contributed by atoms with E-state index in [1.807, 2.05) is 35.4 Å². The fourth-order valence-corrected chi connectivity index (χ4v) is 3.37. The number of nitriles is 1. The minimum atomic E-state index is -0.0305. The van der Waals surface area contributed by atoms with Crippen molar-refractivity contribution >= 4 is 11.6 Å². The minimum Gasteiger partial charge on any atom is -0.378 e. The van der Waals surface area contributed by atoms with Crippen LogP contribution in [0.4, 0.5) is 5.69 Å². The Kier molecular flexibility index (Phi) is 3.62. The van der Waals surface area contributed by atoms with Crippen LogP contribution in [0.3, 0.4) is 0 Å². The molecule has 6 heteroatoms. The predicted octanol–water partition coefficient (Wildman–Crippen LogP) is 2.26. The first kappa shape index (κ1) is 14.6. The van der Waals surface area contributed by atoms with Crippen LogP contribution in [0, 0.1) is 11.3 Å². The molecule has 1 aliphatic carbocycles. The van der Waals surface area contributed by atoms with Gasteiger partial charge in [-0.25, -0.2) is 4.98 Å². The zero-order chi connectivity index (χ0) is 16.5. The molecular weight excluding hydrogens is 302 g/mol. The molecule has 2 atom stereocenters. The molecule has 0 radical (unpaired) electrons. The normalized spacial score (nSPS) is 23.1. The summed E-state index contributed by atoms with van der Waals surface area (Å²) in [5.41, 5.74) is 2.25. The number of anilines is 1. The van der Waals surface area contributed by atoms with Gasteiger partial charge in [0.05, 0.1) is 24.0 Å². The van der Waals surface area contributed by atoms with Crippen LogP contribution in [-0.4, -0.2) is 32.9 Å². The molecule has 0 bridgehead atoms. The maximum atomic E-state index is 12.5. The summed E-state index contributed by atoms with van der Waals surface area (Å²) in [5, 5.41) is 12.3. The van der Waals surface area contributed by atoms with E-state index in [9.17, 15) is 4.79 Å². The number of nitrogens with zero attached hydrogens (tertiary/aromatic N) is 4. The SMILES string of the molecule is N#Cc1ccc(N[C@@H]2CC(=O)N(C3CC3)[C@H]2c2cccnc2)cn1. The van der Waals surface area contributed by atoms with Gasteiger partial charge in [-0.15, -0.1) is 0 Å². The predicted molar refractivity (Wildman–Crippen MR) is 87.8 cm³/mol. The molecule has 1 aliphatic heterocycles. The van der Waals surface area contributed by atoms with Crippen LogP contribution in [-0.2, 0) is 4.79 Å². The van der Waals surface area contributed by atoms with E-state index in [-0.39, 0.29) is 18.0 Å². The zero-order valence-electron chi connectivity index (χ0n) is 13.1. The van der Waals surface area contributed by atoms with Gasteiger partial charge in [0.2, 0.25) is 5.91 Å². The number of hydrogen-bond donors (Lipinski definition) is 1. The lowest BCUT2D eigenvalue weighted by atomic mass is 10.0. The third kappa shape index (κ3) is 2.69. The third-order valence-electron chi connectivity index (χ3n) is 4.56. The maximum absolute atomic E-state index is 12.5. The Bertz CT molecular complexity index is 779. The topological polar surface area (TPSA) is 81.9 Å². The highest BCUT2D eigenvalue weighted by molar-refractivity contribution is 5.82. The van der Waals surface area contributed by atoms with Gasteiger partial charge in [0.25, 0.3) is 0 Å². The van der Waals surface area contributed by atoms with Gasteiger partial charge in [-0.05, 0) is 36.6 Å². The van der Waals surface area contributed by atoms with Gasteiger partial charge < -0.3 is 10.2 Å². The van der Waals surface area contributed by atoms with Crippen LogP contribution >= 0.6 is 0 Å². The summed E-state index contributed by atoms with van der Waals surface area (Å²) in [5.74, 6) is 0.186. The second-order valence-corrected chi connectivity index (χ2v) is 6.26. The molecule has 24 heavy (non-hydrogen) atoms. The van der Waals surface area contributed by atoms with E-state index in [2.05, 4.69) is 15.3 Å². The van der Waals surface area contributed by atoms with Crippen LogP contribution < -0.4 is 5.32 Å². The summed E-state index contributed by atoms with van der Waals surface area (Å²) in [4.78, 5) is 22.9. The summed E-state index contributed by atoms with van der Waals surface area (Å²) >= 11 is 0. The van der Waals surface area contributed by atoms with Gasteiger partial charge >= 0.3 is 0 Å². The number of carbonyl (C=O) groups is 1. The molecule has 1 N–H and O–H groups in total. The van der Waals surface area contributed by atoms with Crippen molar-refractivity contribution in [2.24, 2.45) is 0 Å². The van der Waals surface area contributed by atoms with E-state index in [1.165, 1.54) is 0 Å². The zero-order valence-corrected chi connectivity index (χ0v) is 13.1. The van der Waals surface area contributed by atoms with Gasteiger partial charge in [0, 0.05) is 24.9 Å². The molecule has 3 heterocycles. The molecule has 2 fully saturated rings. The quantitative estimate of drug-likeness (QED) is 0.935. The van der Waals surface area contributed by atoms with E-state index in [0.717, 1.165) is 24.1 Å². The number of carbonyl (C=O) groups excluding carboxylic acids is 1. The molecule has 2 aromatic rings. The lowest BCUT2D eigenvalue weighted by Gasteiger charge is -2.29. The lowest BCUT2D eigenvalue weighted by Crippen LogP contribution is -2.34. The molecule has 0 spiro atoms. The van der Waals surface area contributed by atoms with Gasteiger partial charge in [-0.3, -0.25) is 9.78 Å². The van der Waals surface area contributed by atoms with Crippen LogP contribution in [0.25, 0.3) is 0 Å². The fraction of sp³-hybridized carbons (Fsp3) is 0.333. The Morgan fingerprint density at radius 3 is 2.75 bits per heavy atom. The molecule has 2 aliphatic rings. The molecule has 1 saturated carbocycles. The second-order valence-electron chi connectivity index (χ2n) is 6.26. The van der Waals surface area contributed by atoms with Crippen molar-refractivity contribution in [1.29, 1.82) is 5.26 Å². The van der Waals surface area contributed by atoms with Crippen LogP contribution in [0.15, 0.2) is 42.9 Å². The van der Waals surface area contributed by atoms with Gasteiger partial charge in [-0.1, -0.05) is 6.07 Å². The monoisotopic (exact) mass is 319 g/mol. The molecular formula is C18H17N5O. The molecule has 2 aromatic heterocycles. The fourth-order valence-electron chi connectivity index (χ4n) is 3.37. The van der Waals surface area contributed by atoms with Gasteiger partial charge in [0.15, 0.2) is 0 Å². The van der Waals surface area contributed by atoms with E-state index in [4.69, 9.17) is 5.26 Å². The minimum absolute atomic E-state index is 0.0191. The number of nitrogens with one attached hydrogen (secondary N) is 1. The molecule has 4 rings (SSSR count). The summed E-state index contributed by atoms with van der Waals surface area (Å²) in [6.07, 6.45) is 7.83. The number of pyridine rings is 2. The Hall–Kier alpha value is -2.94. The van der Waals surface area contributed by atoms with E-state index < -0.39 is 0 Å². The van der Waals surface area contributed by atoms with Crippen molar-refractivity contribution in [1.82, 2.24) is 14.9 Å². The summed E-state index contributed by atoms with van der Waals surface area (Å²) in [6, 6.07) is 9.75. The smallest absolute Gasteiger partial charge is 0.225 e. The van der Waals surface area contributed by atoms with Gasteiger partial charge in [-0.2, -0.15) is 5.26 Å². The van der Waals surface area contributed by atoms with Crippen LogP contribution in [0.1, 0.15) is 36.6 Å². The Balaban J connectivity index is 1.62. The standard InChI is InChI=1S/C18H17N5O/c19-9-13-3-4-14(11-21-13)22-16-8-17(24)23(15-5-6-15)18(16)12-2-1-7-20-10-12/h1-4,7,10-11,15-16,18,22H,5-6,8H2/t16-,18+/m1/s1. The summed E-state index contributed by atoms with van der Waals surface area (Å²) in [7, 11) is 0. The molecule has 1 saturated heterocycles. The van der Waals surface area contributed by atoms with Crippen LogP contribution in [0.2, 0.25) is 0 Å².